The Labute approximate surface area is 161 Å². The van der Waals surface area contributed by atoms with E-state index in [0.29, 0.717) is 19.6 Å². The second-order valence-corrected chi connectivity index (χ2v) is 6.91. The van der Waals surface area contributed by atoms with Crippen molar-refractivity contribution in [2.24, 2.45) is 5.73 Å². The predicted octanol–water partition coefficient (Wildman–Crippen LogP) is 2.16. The first-order valence-corrected chi connectivity index (χ1v) is 9.68. The van der Waals surface area contributed by atoms with Gasteiger partial charge in [-0.1, -0.05) is 42.5 Å². The number of hydrogen-bond donors (Lipinski definition) is 1. The van der Waals surface area contributed by atoms with Crippen LogP contribution in [0.25, 0.3) is 0 Å². The highest BCUT2D eigenvalue weighted by atomic mass is 16.5. The van der Waals surface area contributed by atoms with E-state index in [9.17, 15) is 4.79 Å². The van der Waals surface area contributed by atoms with Crippen LogP contribution in [0.3, 0.4) is 0 Å². The molecule has 1 amide bonds. The normalized spacial score (nSPS) is 14.9. The van der Waals surface area contributed by atoms with Crippen molar-refractivity contribution in [1.82, 2.24) is 9.80 Å². The van der Waals surface area contributed by atoms with Crippen molar-refractivity contribution in [3.8, 4) is 0 Å². The van der Waals surface area contributed by atoms with Gasteiger partial charge in [-0.05, 0) is 29.7 Å². The molecule has 2 N–H and O–H groups in total. The average molecular weight is 367 g/mol. The molecule has 144 valence electrons. The van der Waals surface area contributed by atoms with E-state index in [2.05, 4.69) is 23.1 Å². The fourth-order valence-corrected chi connectivity index (χ4v) is 3.38. The number of nitrogens with two attached hydrogens (primary N) is 1. The van der Waals surface area contributed by atoms with Gasteiger partial charge in [-0.25, -0.2) is 0 Å². The van der Waals surface area contributed by atoms with Gasteiger partial charge in [0.2, 0.25) is 0 Å². The van der Waals surface area contributed by atoms with Crippen molar-refractivity contribution >= 4 is 5.91 Å². The highest BCUT2D eigenvalue weighted by molar-refractivity contribution is 5.94. The van der Waals surface area contributed by atoms with Gasteiger partial charge in [0.15, 0.2) is 0 Å². The zero-order chi connectivity index (χ0) is 18.9. The Bertz CT molecular complexity index is 715. The Morgan fingerprint density at radius 1 is 1.00 bits per heavy atom. The molecule has 5 heteroatoms. The summed E-state index contributed by atoms with van der Waals surface area (Å²) < 4.78 is 5.41. The quantitative estimate of drug-likeness (QED) is 0.777. The molecule has 0 atom stereocenters. The number of hydrogen-bond acceptors (Lipinski definition) is 4. The van der Waals surface area contributed by atoms with E-state index in [1.807, 2.05) is 41.3 Å². The molecule has 1 saturated heterocycles. The van der Waals surface area contributed by atoms with Gasteiger partial charge in [-0.15, -0.1) is 0 Å². The van der Waals surface area contributed by atoms with Crippen molar-refractivity contribution in [2.45, 2.75) is 13.0 Å². The van der Waals surface area contributed by atoms with E-state index in [4.69, 9.17) is 10.5 Å². The molecule has 1 aliphatic rings. The lowest BCUT2D eigenvalue weighted by atomic mass is 10.1. The Kier molecular flexibility index (Phi) is 7.39. The number of benzene rings is 2. The van der Waals surface area contributed by atoms with Gasteiger partial charge < -0.3 is 15.4 Å². The Morgan fingerprint density at radius 3 is 2.48 bits per heavy atom. The van der Waals surface area contributed by atoms with Crippen LogP contribution in [0.4, 0.5) is 0 Å². The number of morpholine rings is 1. The smallest absolute Gasteiger partial charge is 0.253 e. The number of carbonyl (C=O) groups is 1. The summed E-state index contributed by atoms with van der Waals surface area (Å²) in [4.78, 5) is 17.3. The lowest BCUT2D eigenvalue weighted by Gasteiger charge is -2.27. The van der Waals surface area contributed by atoms with Gasteiger partial charge in [0.1, 0.15) is 0 Å². The van der Waals surface area contributed by atoms with E-state index in [0.717, 1.165) is 44.8 Å². The SMILES string of the molecule is NCCN(CCc1ccccc1)C(=O)c1cccc(CN2CCOCC2)c1. The highest BCUT2D eigenvalue weighted by Gasteiger charge is 2.16. The molecule has 0 bridgehead atoms. The molecule has 2 aromatic rings. The molecule has 2 aromatic carbocycles. The van der Waals surface area contributed by atoms with E-state index >= 15 is 0 Å². The third-order valence-electron chi connectivity index (χ3n) is 4.88. The molecule has 1 heterocycles. The lowest BCUT2D eigenvalue weighted by molar-refractivity contribution is 0.0341. The minimum atomic E-state index is 0.0557. The lowest BCUT2D eigenvalue weighted by Crippen LogP contribution is -2.37. The summed E-state index contributed by atoms with van der Waals surface area (Å²) in [5, 5.41) is 0. The summed E-state index contributed by atoms with van der Waals surface area (Å²) >= 11 is 0. The van der Waals surface area contributed by atoms with Gasteiger partial charge >= 0.3 is 0 Å². The highest BCUT2D eigenvalue weighted by Crippen LogP contribution is 2.13. The number of rotatable bonds is 8. The van der Waals surface area contributed by atoms with Gasteiger partial charge in [-0.3, -0.25) is 9.69 Å². The van der Waals surface area contributed by atoms with Crippen LogP contribution in [0.1, 0.15) is 21.5 Å². The van der Waals surface area contributed by atoms with Crippen molar-refractivity contribution in [3.63, 3.8) is 0 Å². The third kappa shape index (κ3) is 5.89. The summed E-state index contributed by atoms with van der Waals surface area (Å²) in [5.74, 6) is 0.0557. The molecular weight excluding hydrogens is 338 g/mol. The number of nitrogens with zero attached hydrogens (tertiary/aromatic N) is 2. The minimum absolute atomic E-state index is 0.0557. The Balaban J connectivity index is 1.64. The van der Waals surface area contributed by atoms with Gasteiger partial charge in [0.05, 0.1) is 13.2 Å². The molecule has 0 saturated carbocycles. The average Bonchev–Trinajstić information content (AvgIpc) is 2.72. The second-order valence-electron chi connectivity index (χ2n) is 6.91. The fraction of sp³-hybridized carbons (Fsp3) is 0.409. The first-order chi connectivity index (χ1) is 13.3. The summed E-state index contributed by atoms with van der Waals surface area (Å²) in [7, 11) is 0. The monoisotopic (exact) mass is 367 g/mol. The second kappa shape index (κ2) is 10.2. The van der Waals surface area contributed by atoms with Crippen LogP contribution in [-0.4, -0.2) is 61.6 Å². The molecule has 1 fully saturated rings. The van der Waals surface area contributed by atoms with Crippen LogP contribution in [0.5, 0.6) is 0 Å². The van der Waals surface area contributed by atoms with Crippen molar-refractivity contribution in [2.75, 3.05) is 45.9 Å². The van der Waals surface area contributed by atoms with E-state index < -0.39 is 0 Å². The first kappa shape index (κ1) is 19.5. The topological polar surface area (TPSA) is 58.8 Å². The zero-order valence-corrected chi connectivity index (χ0v) is 15.8. The van der Waals surface area contributed by atoms with Crippen molar-refractivity contribution in [3.05, 3.63) is 71.3 Å². The molecule has 27 heavy (non-hydrogen) atoms. The van der Waals surface area contributed by atoms with Crippen LogP contribution < -0.4 is 5.73 Å². The van der Waals surface area contributed by atoms with E-state index in [1.165, 1.54) is 11.1 Å². The number of amides is 1. The van der Waals surface area contributed by atoms with Crippen LogP contribution >= 0.6 is 0 Å². The molecule has 0 radical (unpaired) electrons. The molecule has 0 aliphatic carbocycles. The summed E-state index contributed by atoms with van der Waals surface area (Å²) in [5.41, 5.74) is 8.89. The molecule has 5 nitrogen and oxygen atoms in total. The van der Waals surface area contributed by atoms with Crippen LogP contribution in [0.2, 0.25) is 0 Å². The molecule has 0 aromatic heterocycles. The first-order valence-electron chi connectivity index (χ1n) is 9.68. The molecule has 0 spiro atoms. The zero-order valence-electron chi connectivity index (χ0n) is 15.8. The Hall–Kier alpha value is -2.21. The van der Waals surface area contributed by atoms with Gasteiger partial charge in [-0.2, -0.15) is 0 Å². The van der Waals surface area contributed by atoms with Crippen LogP contribution in [0, 0.1) is 0 Å². The maximum atomic E-state index is 13.0. The number of carbonyl (C=O) groups excluding carboxylic acids is 1. The van der Waals surface area contributed by atoms with Gasteiger partial charge in [0.25, 0.3) is 5.91 Å². The molecule has 0 unspecified atom stereocenters. The van der Waals surface area contributed by atoms with E-state index in [1.54, 1.807) is 0 Å². The molecule has 1 aliphatic heterocycles. The standard InChI is InChI=1S/C22H29N3O2/c23-10-12-25(11-9-19-5-2-1-3-6-19)22(26)21-8-4-7-20(17-21)18-24-13-15-27-16-14-24/h1-8,17H,9-16,18,23H2. The van der Waals surface area contributed by atoms with Crippen molar-refractivity contribution in [1.29, 1.82) is 0 Å². The van der Waals surface area contributed by atoms with Gasteiger partial charge in [0, 0.05) is 44.8 Å². The summed E-state index contributed by atoms with van der Waals surface area (Å²) in [6, 6.07) is 18.2. The van der Waals surface area contributed by atoms with Crippen molar-refractivity contribution < 1.29 is 9.53 Å². The maximum Gasteiger partial charge on any atom is 0.253 e. The minimum Gasteiger partial charge on any atom is -0.379 e. The van der Waals surface area contributed by atoms with E-state index in [-0.39, 0.29) is 5.91 Å². The predicted molar refractivity (Wildman–Crippen MR) is 108 cm³/mol. The third-order valence-corrected chi connectivity index (χ3v) is 4.88. The summed E-state index contributed by atoms with van der Waals surface area (Å²) in [6.07, 6.45) is 0.833. The molecule has 3 rings (SSSR count). The summed E-state index contributed by atoms with van der Waals surface area (Å²) in [6.45, 7) is 6.00. The largest absolute Gasteiger partial charge is 0.379 e. The van der Waals surface area contributed by atoms with Crippen LogP contribution in [0.15, 0.2) is 54.6 Å². The Morgan fingerprint density at radius 2 is 1.74 bits per heavy atom. The molecular formula is C22H29N3O2. The number of ether oxygens (including phenoxy) is 1. The fourth-order valence-electron chi connectivity index (χ4n) is 3.38. The van der Waals surface area contributed by atoms with Crippen LogP contribution in [-0.2, 0) is 17.7 Å². The maximum absolute atomic E-state index is 13.0.